The Morgan fingerprint density at radius 3 is 2.55 bits per heavy atom. The summed E-state index contributed by atoms with van der Waals surface area (Å²) in [6.45, 7) is 2.96. The second-order valence-corrected chi connectivity index (χ2v) is 8.20. The predicted molar refractivity (Wildman–Crippen MR) is 118 cm³/mol. The van der Waals surface area contributed by atoms with Crippen LogP contribution in [0, 0.1) is 30.3 Å². The second kappa shape index (κ2) is 8.44. The minimum Gasteiger partial charge on any atom is -0.381 e. The number of para-hydroxylation sites is 1. The third-order valence-corrected chi connectivity index (χ3v) is 5.90. The zero-order valence-electron chi connectivity index (χ0n) is 17.8. The smallest absolute Gasteiger partial charge is 0.256 e. The third-order valence-electron chi connectivity index (χ3n) is 5.90. The fourth-order valence-corrected chi connectivity index (χ4v) is 4.27. The van der Waals surface area contributed by atoms with E-state index in [-0.39, 0.29) is 17.4 Å². The van der Waals surface area contributed by atoms with Crippen molar-refractivity contribution in [2.24, 2.45) is 5.92 Å². The Labute approximate surface area is 187 Å². The highest BCUT2D eigenvalue weighted by molar-refractivity contribution is 5.92. The molecule has 3 heterocycles. The Kier molecular flexibility index (Phi) is 5.46. The Bertz CT molecular complexity index is 1410. The molecule has 168 valence electrons. The van der Waals surface area contributed by atoms with Crippen molar-refractivity contribution in [3.63, 3.8) is 0 Å². The first kappa shape index (κ1) is 21.3. The van der Waals surface area contributed by atoms with Gasteiger partial charge in [0.25, 0.3) is 5.56 Å². The molecule has 33 heavy (non-hydrogen) atoms. The van der Waals surface area contributed by atoms with Gasteiger partial charge in [-0.3, -0.25) is 9.36 Å². The van der Waals surface area contributed by atoms with E-state index in [1.807, 2.05) is 0 Å². The minimum absolute atomic E-state index is 0.0918. The monoisotopic (exact) mass is 451 g/mol. The topological polar surface area (TPSA) is 57.0 Å². The maximum absolute atomic E-state index is 14.7. The number of hydrogen-bond donors (Lipinski definition) is 0. The maximum atomic E-state index is 14.7. The normalized spacial score (nSPS) is 15.9. The van der Waals surface area contributed by atoms with Crippen LogP contribution in [0.5, 0.6) is 0 Å². The molecule has 0 saturated carbocycles. The molecule has 1 fully saturated rings. The second-order valence-electron chi connectivity index (χ2n) is 8.20. The number of fused-ring (bicyclic) bond motifs is 1. The van der Waals surface area contributed by atoms with Crippen molar-refractivity contribution in [3.05, 3.63) is 87.7 Å². The molecule has 1 atom stereocenters. The lowest BCUT2D eigenvalue weighted by molar-refractivity contribution is 0.185. The Balaban J connectivity index is 1.83. The molecule has 4 aromatic rings. The molecule has 1 unspecified atom stereocenters. The lowest BCUT2D eigenvalue weighted by Crippen LogP contribution is -2.22. The highest BCUT2D eigenvalue weighted by atomic mass is 19.1. The number of hydrogen-bond acceptors (Lipinski definition) is 4. The Morgan fingerprint density at radius 2 is 1.85 bits per heavy atom. The summed E-state index contributed by atoms with van der Waals surface area (Å²) < 4.78 is 49.6. The molecule has 0 aliphatic carbocycles. The highest BCUT2D eigenvalue weighted by Crippen LogP contribution is 2.31. The van der Waals surface area contributed by atoms with E-state index in [4.69, 9.17) is 9.72 Å². The summed E-state index contributed by atoms with van der Waals surface area (Å²) in [5.74, 6) is -1.53. The standard InChI is InChI=1S/C25H20F3N3O2/c1-14-11-16(26)5-6-17(14)23-18-7-8-22(32)31(24-19(27)3-2-4-20(24)28)25(18)30-21(29-23)12-15-9-10-33-13-15/h2-8,11,15H,9-10,12-13H2,1H3. The van der Waals surface area contributed by atoms with E-state index >= 15 is 0 Å². The Morgan fingerprint density at radius 1 is 1.06 bits per heavy atom. The number of halogens is 3. The van der Waals surface area contributed by atoms with Crippen LogP contribution in [0.15, 0.2) is 53.3 Å². The van der Waals surface area contributed by atoms with Gasteiger partial charge in [0.05, 0.1) is 5.69 Å². The molecule has 0 radical (unpaired) electrons. The molecule has 0 amide bonds. The van der Waals surface area contributed by atoms with Crippen LogP contribution >= 0.6 is 0 Å². The fraction of sp³-hybridized carbons (Fsp3) is 0.240. The number of aryl methyl sites for hydroxylation is 1. The largest absolute Gasteiger partial charge is 0.381 e. The number of benzene rings is 2. The Hall–Kier alpha value is -3.52. The minimum atomic E-state index is -0.881. The lowest BCUT2D eigenvalue weighted by atomic mass is 10.0. The van der Waals surface area contributed by atoms with Crippen molar-refractivity contribution >= 4 is 11.0 Å². The van der Waals surface area contributed by atoms with Gasteiger partial charge in [-0.05, 0) is 61.2 Å². The molecule has 8 heteroatoms. The van der Waals surface area contributed by atoms with Crippen LogP contribution in [0.3, 0.4) is 0 Å². The molecule has 5 nitrogen and oxygen atoms in total. The summed E-state index contributed by atoms with van der Waals surface area (Å²) in [5.41, 5.74) is 0.726. The molecule has 0 bridgehead atoms. The molecule has 2 aromatic heterocycles. The fourth-order valence-electron chi connectivity index (χ4n) is 4.27. The summed E-state index contributed by atoms with van der Waals surface area (Å²) in [6, 6.07) is 10.5. The first-order valence-corrected chi connectivity index (χ1v) is 10.6. The van der Waals surface area contributed by atoms with E-state index in [1.165, 1.54) is 30.3 Å². The maximum Gasteiger partial charge on any atom is 0.256 e. The van der Waals surface area contributed by atoms with Crippen LogP contribution in [0.1, 0.15) is 17.8 Å². The van der Waals surface area contributed by atoms with Crippen molar-refractivity contribution in [1.82, 2.24) is 14.5 Å². The van der Waals surface area contributed by atoms with E-state index in [9.17, 15) is 18.0 Å². The van der Waals surface area contributed by atoms with E-state index < -0.39 is 22.9 Å². The van der Waals surface area contributed by atoms with Gasteiger partial charge < -0.3 is 4.74 Å². The highest BCUT2D eigenvalue weighted by Gasteiger charge is 2.23. The van der Waals surface area contributed by atoms with E-state index in [1.54, 1.807) is 13.0 Å². The summed E-state index contributed by atoms with van der Waals surface area (Å²) in [5, 5.41) is 0.429. The number of nitrogens with zero attached hydrogens (tertiary/aromatic N) is 3. The average molecular weight is 451 g/mol. The summed E-state index contributed by atoms with van der Waals surface area (Å²) >= 11 is 0. The zero-order valence-corrected chi connectivity index (χ0v) is 17.8. The van der Waals surface area contributed by atoms with Crippen LogP contribution in [0.4, 0.5) is 13.2 Å². The molecule has 0 spiro atoms. The van der Waals surface area contributed by atoms with Gasteiger partial charge in [0.2, 0.25) is 0 Å². The number of aromatic nitrogens is 3. The third kappa shape index (κ3) is 3.91. The van der Waals surface area contributed by atoms with Crippen LogP contribution in [0.2, 0.25) is 0 Å². The van der Waals surface area contributed by atoms with Gasteiger partial charge in [-0.25, -0.2) is 23.1 Å². The molecular formula is C25H20F3N3O2. The van der Waals surface area contributed by atoms with Crippen molar-refractivity contribution in [3.8, 4) is 16.9 Å². The van der Waals surface area contributed by atoms with Gasteiger partial charge in [0.15, 0.2) is 5.65 Å². The first-order valence-electron chi connectivity index (χ1n) is 10.6. The summed E-state index contributed by atoms with van der Waals surface area (Å²) in [4.78, 5) is 22.2. The molecule has 2 aromatic carbocycles. The molecule has 5 rings (SSSR count). The quantitative estimate of drug-likeness (QED) is 0.449. The number of pyridine rings is 1. The van der Waals surface area contributed by atoms with Gasteiger partial charge in [-0.15, -0.1) is 0 Å². The average Bonchev–Trinajstić information content (AvgIpc) is 3.28. The molecule has 0 N–H and O–H groups in total. The van der Waals surface area contributed by atoms with E-state index in [0.717, 1.165) is 23.1 Å². The van der Waals surface area contributed by atoms with Crippen molar-refractivity contribution in [1.29, 1.82) is 0 Å². The first-order chi connectivity index (χ1) is 15.9. The lowest BCUT2D eigenvalue weighted by Gasteiger charge is -2.16. The number of rotatable bonds is 4. The predicted octanol–water partition coefficient (Wildman–Crippen LogP) is 4.75. The van der Waals surface area contributed by atoms with Gasteiger partial charge in [-0.1, -0.05) is 6.07 Å². The summed E-state index contributed by atoms with van der Waals surface area (Å²) in [7, 11) is 0. The van der Waals surface area contributed by atoms with Crippen LogP contribution in [-0.4, -0.2) is 27.7 Å². The summed E-state index contributed by atoms with van der Waals surface area (Å²) in [6.07, 6.45) is 1.32. The van der Waals surface area contributed by atoms with Gasteiger partial charge in [0.1, 0.15) is 29.0 Å². The van der Waals surface area contributed by atoms with E-state index in [2.05, 4.69) is 4.98 Å². The molecule has 1 saturated heterocycles. The SMILES string of the molecule is Cc1cc(F)ccc1-c1nc(CC2CCOC2)nc2c1ccc(=O)n2-c1c(F)cccc1F. The van der Waals surface area contributed by atoms with Crippen LogP contribution < -0.4 is 5.56 Å². The van der Waals surface area contributed by atoms with Gasteiger partial charge >= 0.3 is 0 Å². The van der Waals surface area contributed by atoms with Crippen molar-refractivity contribution in [2.45, 2.75) is 19.8 Å². The molecule has 1 aliphatic heterocycles. The molecule has 1 aliphatic rings. The van der Waals surface area contributed by atoms with Gasteiger partial charge in [-0.2, -0.15) is 0 Å². The molecular weight excluding hydrogens is 431 g/mol. The van der Waals surface area contributed by atoms with Gasteiger partial charge in [0, 0.05) is 36.7 Å². The van der Waals surface area contributed by atoms with Crippen molar-refractivity contribution in [2.75, 3.05) is 13.2 Å². The number of ether oxygens (including phenoxy) is 1. The zero-order chi connectivity index (χ0) is 23.1. The van der Waals surface area contributed by atoms with Crippen LogP contribution in [0.25, 0.3) is 28.0 Å². The van der Waals surface area contributed by atoms with Crippen molar-refractivity contribution < 1.29 is 17.9 Å². The van der Waals surface area contributed by atoms with E-state index in [0.29, 0.717) is 47.7 Å². The van der Waals surface area contributed by atoms with Crippen LogP contribution in [-0.2, 0) is 11.2 Å².